The Bertz CT molecular complexity index is 1090. The Morgan fingerprint density at radius 1 is 1.18 bits per heavy atom. The molecule has 0 spiro atoms. The molecule has 3 heterocycles. The number of carboxylic acid groups (broad SMARTS) is 1. The van der Waals surface area contributed by atoms with E-state index in [2.05, 4.69) is 11.8 Å². The fraction of sp³-hybridized carbons (Fsp3) is 0.720. The van der Waals surface area contributed by atoms with Gasteiger partial charge in [0.1, 0.15) is 5.82 Å². The first kappa shape index (κ1) is 23.4. The lowest BCUT2D eigenvalue weighted by Gasteiger charge is -2.40. The first-order valence-corrected chi connectivity index (χ1v) is 12.5. The average Bonchev–Trinajstić information content (AvgIpc) is 3.21. The number of carbonyl (C=O) groups is 1. The lowest BCUT2D eigenvalue weighted by molar-refractivity contribution is -0.182. The Balaban J connectivity index is 1.55. The number of alkyl halides is 3. The number of nitrogens with zero attached hydrogens (tertiary/aromatic N) is 4. The number of aryl methyl sites for hydroxylation is 1. The van der Waals surface area contributed by atoms with Gasteiger partial charge in [0.05, 0.1) is 22.7 Å². The molecule has 0 aromatic carbocycles. The van der Waals surface area contributed by atoms with Gasteiger partial charge in [-0.25, -0.2) is 4.98 Å². The monoisotopic (exact) mass is 478 g/mol. The van der Waals surface area contributed by atoms with Crippen molar-refractivity contribution >= 4 is 17.4 Å². The Morgan fingerprint density at radius 2 is 1.91 bits per heavy atom. The Hall–Kier alpha value is -2.32. The first-order valence-electron chi connectivity index (χ1n) is 12.5. The number of fused-ring (bicyclic) bond motifs is 2. The van der Waals surface area contributed by atoms with Crippen LogP contribution in [0.15, 0.2) is 6.07 Å². The van der Waals surface area contributed by atoms with E-state index in [0.29, 0.717) is 31.7 Å². The smallest absolute Gasteiger partial charge is 0.391 e. The number of aliphatic carboxylic acids is 1. The van der Waals surface area contributed by atoms with E-state index in [1.807, 2.05) is 17.5 Å². The van der Waals surface area contributed by atoms with Crippen LogP contribution in [0, 0.1) is 11.3 Å². The topological polar surface area (TPSA) is 70.7 Å². The van der Waals surface area contributed by atoms with E-state index in [1.54, 1.807) is 0 Å². The van der Waals surface area contributed by atoms with E-state index >= 15 is 0 Å². The van der Waals surface area contributed by atoms with Gasteiger partial charge in [-0.1, -0.05) is 6.92 Å². The molecule has 3 aliphatic rings. The fourth-order valence-electron chi connectivity index (χ4n) is 6.30. The minimum absolute atomic E-state index is 0.00626. The molecule has 2 aromatic heterocycles. The molecule has 2 aliphatic carbocycles. The van der Waals surface area contributed by atoms with E-state index < -0.39 is 23.5 Å². The van der Waals surface area contributed by atoms with Crippen molar-refractivity contribution in [3.63, 3.8) is 0 Å². The van der Waals surface area contributed by atoms with Gasteiger partial charge in [0.2, 0.25) is 0 Å². The second kappa shape index (κ2) is 8.41. The zero-order chi connectivity index (χ0) is 24.3. The van der Waals surface area contributed by atoms with E-state index in [0.717, 1.165) is 60.6 Å². The maximum atomic E-state index is 13.1. The van der Waals surface area contributed by atoms with E-state index in [4.69, 9.17) is 10.1 Å². The maximum Gasteiger partial charge on any atom is 0.391 e. The van der Waals surface area contributed by atoms with Gasteiger partial charge < -0.3 is 10.0 Å². The van der Waals surface area contributed by atoms with Crippen LogP contribution in [0.3, 0.4) is 0 Å². The molecule has 1 unspecified atom stereocenters. The number of piperidine rings is 1. The molecule has 2 atom stereocenters. The molecule has 1 saturated carbocycles. The third kappa shape index (κ3) is 4.05. The molecule has 0 amide bonds. The molecule has 9 heteroatoms. The summed E-state index contributed by atoms with van der Waals surface area (Å²) in [5.41, 5.74) is 2.91. The zero-order valence-corrected chi connectivity index (χ0v) is 19.9. The number of hydrogen-bond donors (Lipinski definition) is 1. The number of hydrogen-bond acceptors (Lipinski definition) is 4. The highest BCUT2D eigenvalue weighted by Crippen LogP contribution is 2.44. The summed E-state index contributed by atoms with van der Waals surface area (Å²) < 4.78 is 41.3. The number of rotatable bonds is 3. The van der Waals surface area contributed by atoms with Gasteiger partial charge in [0.25, 0.3) is 0 Å². The minimum atomic E-state index is -4.13. The molecule has 2 fully saturated rings. The highest BCUT2D eigenvalue weighted by Gasteiger charge is 2.43. The van der Waals surface area contributed by atoms with Gasteiger partial charge in [0.15, 0.2) is 5.65 Å². The molecule has 1 N–H and O–H groups in total. The highest BCUT2D eigenvalue weighted by molar-refractivity contribution is 5.76. The summed E-state index contributed by atoms with van der Waals surface area (Å²) in [4.78, 5) is 19.1. The second-order valence-corrected chi connectivity index (χ2v) is 10.9. The lowest BCUT2D eigenvalue weighted by Crippen LogP contribution is -2.47. The van der Waals surface area contributed by atoms with Crippen molar-refractivity contribution in [3.05, 3.63) is 23.0 Å². The number of aromatic nitrogens is 3. The van der Waals surface area contributed by atoms with Gasteiger partial charge in [0, 0.05) is 30.6 Å². The fourth-order valence-corrected chi connectivity index (χ4v) is 6.30. The molecule has 2 aromatic rings. The van der Waals surface area contributed by atoms with Gasteiger partial charge in [-0.15, -0.1) is 0 Å². The van der Waals surface area contributed by atoms with Crippen LogP contribution in [-0.4, -0.2) is 44.9 Å². The second-order valence-electron chi connectivity index (χ2n) is 10.9. The number of anilines is 1. The van der Waals surface area contributed by atoms with Gasteiger partial charge in [-0.05, 0) is 70.6 Å². The van der Waals surface area contributed by atoms with Crippen molar-refractivity contribution in [1.82, 2.24) is 14.6 Å². The Kier molecular flexibility index (Phi) is 5.80. The molecule has 34 heavy (non-hydrogen) atoms. The molecule has 0 bridgehead atoms. The predicted octanol–water partition coefficient (Wildman–Crippen LogP) is 5.70. The Labute approximate surface area is 197 Å². The summed E-state index contributed by atoms with van der Waals surface area (Å²) in [5.74, 6) is -0.775. The van der Waals surface area contributed by atoms with E-state index in [1.165, 1.54) is 0 Å². The molecule has 186 valence electrons. The summed E-state index contributed by atoms with van der Waals surface area (Å²) in [6.45, 7) is 5.17. The maximum absolute atomic E-state index is 13.1. The molecule has 1 aliphatic heterocycles. The third-order valence-electron chi connectivity index (χ3n) is 8.38. The van der Waals surface area contributed by atoms with Crippen molar-refractivity contribution in [2.75, 3.05) is 18.0 Å². The lowest BCUT2D eigenvalue weighted by atomic mass is 9.80. The van der Waals surface area contributed by atoms with Crippen LogP contribution in [0.5, 0.6) is 0 Å². The van der Waals surface area contributed by atoms with Crippen LogP contribution in [-0.2, 0) is 11.2 Å². The number of carboxylic acids is 1. The summed E-state index contributed by atoms with van der Waals surface area (Å²) in [5, 5.41) is 14.8. The Morgan fingerprint density at radius 3 is 2.59 bits per heavy atom. The van der Waals surface area contributed by atoms with Crippen LogP contribution in [0.2, 0.25) is 0 Å². The SMILES string of the molecule is CC1CCCc2nc3cc([C@H]4CC[C@H](C(F)(F)F)CC4)nn3c(N3CCC[C@@](C)(C(=O)O)C3)c21. The normalized spacial score (nSPS) is 30.4. The van der Waals surface area contributed by atoms with Crippen molar-refractivity contribution in [2.45, 2.75) is 89.6 Å². The standard InChI is InChI=1S/C25H33F3N4O2/c1-15-5-3-6-18-21(15)22(31-12-4-11-24(2,14-31)23(33)34)32-20(29-18)13-19(30-32)16-7-9-17(10-8-16)25(26,27)28/h13,15-17H,3-12,14H2,1-2H3,(H,33,34)/t15?,16-,17-,24-/m1/s1. The molecule has 6 nitrogen and oxygen atoms in total. The summed E-state index contributed by atoms with van der Waals surface area (Å²) in [6.07, 6.45) is 1.50. The zero-order valence-electron chi connectivity index (χ0n) is 19.9. The molecule has 0 radical (unpaired) electrons. The minimum Gasteiger partial charge on any atom is -0.481 e. The molecular weight excluding hydrogens is 445 g/mol. The van der Waals surface area contributed by atoms with E-state index in [-0.39, 0.29) is 18.8 Å². The number of halogens is 3. The van der Waals surface area contributed by atoms with Gasteiger partial charge in [-0.2, -0.15) is 22.8 Å². The summed E-state index contributed by atoms with van der Waals surface area (Å²) in [7, 11) is 0. The average molecular weight is 479 g/mol. The largest absolute Gasteiger partial charge is 0.481 e. The summed E-state index contributed by atoms with van der Waals surface area (Å²) >= 11 is 0. The van der Waals surface area contributed by atoms with Gasteiger partial charge >= 0.3 is 12.1 Å². The van der Waals surface area contributed by atoms with Crippen molar-refractivity contribution in [3.8, 4) is 0 Å². The first-order chi connectivity index (χ1) is 16.1. The van der Waals surface area contributed by atoms with E-state index in [9.17, 15) is 23.1 Å². The van der Waals surface area contributed by atoms with Crippen molar-refractivity contribution in [1.29, 1.82) is 0 Å². The molecule has 1 saturated heterocycles. The van der Waals surface area contributed by atoms with Crippen LogP contribution in [0.4, 0.5) is 19.0 Å². The summed E-state index contributed by atoms with van der Waals surface area (Å²) in [6, 6.07) is 1.95. The molecule has 5 rings (SSSR count). The van der Waals surface area contributed by atoms with Crippen LogP contribution in [0.25, 0.3) is 5.65 Å². The van der Waals surface area contributed by atoms with Gasteiger partial charge in [-0.3, -0.25) is 4.79 Å². The van der Waals surface area contributed by atoms with Crippen molar-refractivity contribution in [2.24, 2.45) is 11.3 Å². The third-order valence-corrected chi connectivity index (χ3v) is 8.38. The highest BCUT2D eigenvalue weighted by atomic mass is 19.4. The predicted molar refractivity (Wildman–Crippen MR) is 122 cm³/mol. The quantitative estimate of drug-likeness (QED) is 0.613. The van der Waals surface area contributed by atoms with Crippen LogP contribution < -0.4 is 4.90 Å². The van der Waals surface area contributed by atoms with Crippen molar-refractivity contribution < 1.29 is 23.1 Å². The van der Waals surface area contributed by atoms with Crippen LogP contribution >= 0.6 is 0 Å². The van der Waals surface area contributed by atoms with Crippen LogP contribution in [0.1, 0.15) is 94.0 Å². The molecular formula is C25H33F3N4O2.